The van der Waals surface area contributed by atoms with E-state index in [2.05, 4.69) is 227 Å². The summed E-state index contributed by atoms with van der Waals surface area (Å²) in [6.07, 6.45) is 1.97. The van der Waals surface area contributed by atoms with Crippen LogP contribution in [0.4, 0.5) is 0 Å². The molecule has 3 heteroatoms. The molecule has 3 heterocycles. The van der Waals surface area contributed by atoms with Crippen molar-refractivity contribution in [3.05, 3.63) is 236 Å². The Morgan fingerprint density at radius 3 is 1.69 bits per heavy atom. The largest absolute Gasteiger partial charge is 0.310 e. The average Bonchev–Trinajstić information content (AvgIpc) is 3.97. The lowest BCUT2D eigenvalue weighted by Gasteiger charge is -2.20. The Morgan fingerprint density at radius 2 is 0.984 bits per heavy atom. The van der Waals surface area contributed by atoms with Gasteiger partial charge >= 0.3 is 0 Å². The van der Waals surface area contributed by atoms with Crippen molar-refractivity contribution in [2.45, 2.75) is 6.92 Å². The van der Waals surface area contributed by atoms with Crippen molar-refractivity contribution in [1.82, 2.24) is 13.7 Å². The number of para-hydroxylation sites is 4. The van der Waals surface area contributed by atoms with E-state index in [9.17, 15) is 0 Å². The van der Waals surface area contributed by atoms with Gasteiger partial charge in [-0.25, -0.2) is 0 Å². The van der Waals surface area contributed by atoms with Gasteiger partial charge in [0.15, 0.2) is 0 Å². The molecule has 3 aromatic heterocycles. The predicted octanol–water partition coefficient (Wildman–Crippen LogP) is 15.8. The molecule has 0 amide bonds. The number of nitrogens with zero attached hydrogens (tertiary/aromatic N) is 3. The van der Waals surface area contributed by atoms with Gasteiger partial charge in [-0.2, -0.15) is 0 Å². The first kappa shape index (κ1) is 35.8. The number of aromatic nitrogens is 3. The number of hydrogen-bond acceptors (Lipinski definition) is 0. The van der Waals surface area contributed by atoms with Crippen LogP contribution in [-0.4, -0.2) is 13.7 Å². The molecular formula is C59H41N3. The monoisotopic (exact) mass is 791 g/mol. The second kappa shape index (κ2) is 14.0. The van der Waals surface area contributed by atoms with Crippen molar-refractivity contribution >= 4 is 93.5 Å². The van der Waals surface area contributed by atoms with Crippen LogP contribution in [0.5, 0.6) is 0 Å². The van der Waals surface area contributed by atoms with Crippen LogP contribution in [0.3, 0.4) is 0 Å². The van der Waals surface area contributed by atoms with Crippen molar-refractivity contribution in [2.75, 3.05) is 0 Å². The van der Waals surface area contributed by atoms with Crippen LogP contribution < -0.4 is 0 Å². The number of fused-ring (bicyclic) bond motifs is 11. The van der Waals surface area contributed by atoms with Crippen molar-refractivity contribution in [3.63, 3.8) is 0 Å². The Bertz CT molecular complexity index is 3790. The minimum Gasteiger partial charge on any atom is -0.310 e. The molecule has 12 rings (SSSR count). The van der Waals surface area contributed by atoms with Gasteiger partial charge < -0.3 is 13.7 Å². The molecule has 9 aromatic carbocycles. The molecule has 0 bridgehead atoms. The highest BCUT2D eigenvalue weighted by Gasteiger charge is 2.22. The molecule has 62 heavy (non-hydrogen) atoms. The lowest BCUT2D eigenvalue weighted by atomic mass is 9.88. The highest BCUT2D eigenvalue weighted by atomic mass is 15.0. The van der Waals surface area contributed by atoms with E-state index < -0.39 is 0 Å². The third-order valence-electron chi connectivity index (χ3n) is 13.0. The summed E-state index contributed by atoms with van der Waals surface area (Å²) in [6, 6.07) is 72.6. The molecule has 0 spiro atoms. The number of rotatable bonds is 7. The van der Waals surface area contributed by atoms with Crippen LogP contribution in [0.1, 0.15) is 23.6 Å². The summed E-state index contributed by atoms with van der Waals surface area (Å²) in [7, 11) is 0. The summed E-state index contributed by atoms with van der Waals surface area (Å²) in [6.45, 7) is 11.5. The van der Waals surface area contributed by atoms with Gasteiger partial charge in [-0.05, 0) is 112 Å². The number of allylic oxidation sites excluding steroid dienone is 2. The molecule has 0 unspecified atom stereocenters. The molecule has 292 valence electrons. The molecule has 0 aliphatic rings. The maximum Gasteiger partial charge on any atom is 0.0547 e. The standard InChI is InChI=1S/C59H41N3/c1-4-40-18-8-10-22-45(40)58(42-31-33-55-50(36-42)49-26-14-17-29-54(49)61(55)43-20-6-5-7-21-43)38(2)39(3)60-56-35-32-44(37-51(56)59-46-23-11-9-19-41(46)30-34-57(59)60)62-52-27-15-12-24-47(52)48-25-13-16-28-53(48)62/h4-37H,1,3H2,2H3/b58-38-. The lowest BCUT2D eigenvalue weighted by Crippen LogP contribution is -2.02. The summed E-state index contributed by atoms with van der Waals surface area (Å²) >= 11 is 0. The van der Waals surface area contributed by atoms with Gasteiger partial charge in [-0.1, -0.05) is 153 Å². The number of hydrogen-bond donors (Lipinski definition) is 0. The first-order chi connectivity index (χ1) is 30.6. The zero-order valence-corrected chi connectivity index (χ0v) is 34.4. The summed E-state index contributed by atoms with van der Waals surface area (Å²) in [5, 5.41) is 9.76. The Balaban J connectivity index is 1.13. The van der Waals surface area contributed by atoms with Gasteiger partial charge in [-0.3, -0.25) is 0 Å². The quantitative estimate of drug-likeness (QED) is 0.143. The molecule has 0 atom stereocenters. The minimum atomic E-state index is 0.922. The molecule has 0 aliphatic carbocycles. The van der Waals surface area contributed by atoms with Crippen LogP contribution in [0.2, 0.25) is 0 Å². The van der Waals surface area contributed by atoms with Gasteiger partial charge in [0, 0.05) is 49.4 Å². The fourth-order valence-corrected chi connectivity index (χ4v) is 10.2. The molecule has 0 saturated heterocycles. The SMILES string of the molecule is C=Cc1ccccc1/C(=C(/C)C(=C)n1c2ccc(-n3c4ccccc4c4ccccc43)cc2c2c3ccccc3ccc21)c1ccc2c(c1)c1ccccc1n2-c1ccccc1. The minimum absolute atomic E-state index is 0.922. The van der Waals surface area contributed by atoms with Crippen LogP contribution in [0.15, 0.2) is 219 Å². The molecular weight excluding hydrogens is 751 g/mol. The number of benzene rings is 9. The van der Waals surface area contributed by atoms with E-state index in [0.717, 1.165) is 55.9 Å². The molecule has 0 N–H and O–H groups in total. The van der Waals surface area contributed by atoms with Crippen molar-refractivity contribution < 1.29 is 0 Å². The van der Waals surface area contributed by atoms with E-state index in [0.29, 0.717) is 0 Å². The Hall–Kier alpha value is -8.14. The normalized spacial score (nSPS) is 12.3. The second-order valence-electron chi connectivity index (χ2n) is 16.2. The van der Waals surface area contributed by atoms with Gasteiger partial charge in [0.2, 0.25) is 0 Å². The molecule has 0 saturated carbocycles. The lowest BCUT2D eigenvalue weighted by molar-refractivity contribution is 1.18. The topological polar surface area (TPSA) is 14.8 Å². The Morgan fingerprint density at radius 1 is 0.435 bits per heavy atom. The molecule has 12 aromatic rings. The van der Waals surface area contributed by atoms with Gasteiger partial charge in [0.1, 0.15) is 0 Å². The van der Waals surface area contributed by atoms with Gasteiger partial charge in [0.25, 0.3) is 0 Å². The summed E-state index contributed by atoms with van der Waals surface area (Å²) in [4.78, 5) is 0. The zero-order chi connectivity index (χ0) is 41.5. The van der Waals surface area contributed by atoms with E-state index in [1.165, 1.54) is 65.2 Å². The molecule has 0 aliphatic heterocycles. The van der Waals surface area contributed by atoms with Crippen molar-refractivity contribution in [2.24, 2.45) is 0 Å². The maximum atomic E-state index is 4.98. The molecule has 3 nitrogen and oxygen atoms in total. The second-order valence-corrected chi connectivity index (χ2v) is 16.2. The van der Waals surface area contributed by atoms with Crippen molar-refractivity contribution in [1.29, 1.82) is 0 Å². The third-order valence-corrected chi connectivity index (χ3v) is 13.0. The summed E-state index contributed by atoms with van der Waals surface area (Å²) in [5.41, 5.74) is 15.7. The third kappa shape index (κ3) is 5.25. The van der Waals surface area contributed by atoms with E-state index in [4.69, 9.17) is 6.58 Å². The predicted molar refractivity (Wildman–Crippen MR) is 266 cm³/mol. The summed E-state index contributed by atoms with van der Waals surface area (Å²) < 4.78 is 7.17. The van der Waals surface area contributed by atoms with E-state index in [-0.39, 0.29) is 0 Å². The Kier molecular flexibility index (Phi) is 8.06. The highest BCUT2D eigenvalue weighted by Crippen LogP contribution is 2.43. The van der Waals surface area contributed by atoms with Gasteiger partial charge in [0.05, 0.1) is 33.1 Å². The molecule has 0 radical (unpaired) electrons. The van der Waals surface area contributed by atoms with Gasteiger partial charge in [-0.15, -0.1) is 0 Å². The fourth-order valence-electron chi connectivity index (χ4n) is 10.2. The van der Waals surface area contributed by atoms with Crippen LogP contribution in [0, 0.1) is 0 Å². The smallest absolute Gasteiger partial charge is 0.0547 e. The van der Waals surface area contributed by atoms with E-state index in [1.807, 2.05) is 6.08 Å². The fraction of sp³-hybridized carbons (Fsp3) is 0.0169. The first-order valence-corrected chi connectivity index (χ1v) is 21.2. The van der Waals surface area contributed by atoms with Crippen LogP contribution >= 0.6 is 0 Å². The summed E-state index contributed by atoms with van der Waals surface area (Å²) in [5.74, 6) is 0. The van der Waals surface area contributed by atoms with E-state index >= 15 is 0 Å². The zero-order valence-electron chi connectivity index (χ0n) is 34.4. The average molecular weight is 792 g/mol. The first-order valence-electron chi connectivity index (χ1n) is 21.2. The maximum absolute atomic E-state index is 4.98. The van der Waals surface area contributed by atoms with Crippen LogP contribution in [-0.2, 0) is 0 Å². The van der Waals surface area contributed by atoms with Crippen LogP contribution in [0.25, 0.3) is 105 Å². The van der Waals surface area contributed by atoms with E-state index in [1.54, 1.807) is 0 Å². The highest BCUT2D eigenvalue weighted by molar-refractivity contribution is 6.23. The molecule has 0 fully saturated rings. The van der Waals surface area contributed by atoms with Crippen molar-refractivity contribution in [3.8, 4) is 11.4 Å². The Labute approximate surface area is 359 Å².